The number of nitrogens with two attached hydrogens (primary N) is 1. The molecule has 27 heavy (non-hydrogen) atoms. The van der Waals surface area contributed by atoms with Gasteiger partial charge in [-0.3, -0.25) is 14.9 Å². The Kier molecular flexibility index (Phi) is 4.88. The van der Waals surface area contributed by atoms with Gasteiger partial charge < -0.3 is 10.8 Å². The quantitative estimate of drug-likeness (QED) is 0.747. The fraction of sp³-hybridized carbons (Fsp3) is 0.273. The van der Waals surface area contributed by atoms with Crippen LogP contribution in [0.15, 0.2) is 67.3 Å². The number of piperidine rings is 1. The van der Waals surface area contributed by atoms with Crippen LogP contribution in [0.25, 0.3) is 11.1 Å². The molecule has 0 saturated carbocycles. The SMILES string of the molecule is Nc1ccncc1-c1ccc(CN2CCC(O)(c3cccnc3)CC2)cc1. The van der Waals surface area contributed by atoms with E-state index in [1.165, 1.54) is 5.56 Å². The molecule has 4 rings (SSSR count). The molecule has 0 amide bonds. The number of hydrogen-bond acceptors (Lipinski definition) is 5. The van der Waals surface area contributed by atoms with Crippen LogP contribution in [-0.4, -0.2) is 33.1 Å². The molecule has 5 nitrogen and oxygen atoms in total. The molecule has 0 aliphatic carbocycles. The van der Waals surface area contributed by atoms with Gasteiger partial charge in [0.25, 0.3) is 0 Å². The molecule has 1 aliphatic heterocycles. The van der Waals surface area contributed by atoms with Crippen LogP contribution in [0, 0.1) is 0 Å². The molecule has 3 heterocycles. The van der Waals surface area contributed by atoms with Crippen LogP contribution in [0.2, 0.25) is 0 Å². The van der Waals surface area contributed by atoms with Crippen LogP contribution in [0.5, 0.6) is 0 Å². The van der Waals surface area contributed by atoms with Crippen molar-refractivity contribution in [1.29, 1.82) is 0 Å². The van der Waals surface area contributed by atoms with E-state index in [1.807, 2.05) is 18.2 Å². The minimum atomic E-state index is -0.757. The predicted molar refractivity (Wildman–Crippen MR) is 107 cm³/mol. The molecular weight excluding hydrogens is 336 g/mol. The zero-order valence-electron chi connectivity index (χ0n) is 15.3. The Hall–Kier alpha value is -2.76. The molecule has 2 aromatic heterocycles. The van der Waals surface area contributed by atoms with Gasteiger partial charge in [0.1, 0.15) is 0 Å². The van der Waals surface area contributed by atoms with Gasteiger partial charge in [0, 0.05) is 61.2 Å². The highest BCUT2D eigenvalue weighted by molar-refractivity contribution is 5.75. The molecule has 1 aliphatic rings. The number of pyridine rings is 2. The number of aliphatic hydroxyl groups is 1. The number of hydrogen-bond donors (Lipinski definition) is 2. The molecule has 0 spiro atoms. The van der Waals surface area contributed by atoms with E-state index in [2.05, 4.69) is 39.1 Å². The van der Waals surface area contributed by atoms with Crippen molar-refractivity contribution in [3.8, 4) is 11.1 Å². The molecule has 5 heteroatoms. The highest BCUT2D eigenvalue weighted by atomic mass is 16.3. The summed E-state index contributed by atoms with van der Waals surface area (Å²) in [5.74, 6) is 0. The number of nitrogen functional groups attached to an aromatic ring is 1. The standard InChI is InChI=1S/C22H24N4O/c23-21-7-11-25-15-20(21)18-5-3-17(4-6-18)16-26-12-8-22(27,9-13-26)19-2-1-10-24-14-19/h1-7,10-11,14-15,27H,8-9,12-13,16H2,(H2,23,25). The molecule has 0 atom stereocenters. The summed E-state index contributed by atoms with van der Waals surface area (Å²) in [5.41, 5.74) is 10.2. The third-order valence-electron chi connectivity index (χ3n) is 5.41. The van der Waals surface area contributed by atoms with Crippen molar-refractivity contribution in [3.05, 3.63) is 78.4 Å². The summed E-state index contributed by atoms with van der Waals surface area (Å²) in [5, 5.41) is 10.9. The van der Waals surface area contributed by atoms with E-state index in [1.54, 1.807) is 24.8 Å². The Balaban J connectivity index is 1.39. The Morgan fingerprint density at radius 3 is 2.37 bits per heavy atom. The van der Waals surface area contributed by atoms with Gasteiger partial charge in [-0.2, -0.15) is 0 Å². The van der Waals surface area contributed by atoms with Crippen molar-refractivity contribution < 1.29 is 5.11 Å². The van der Waals surface area contributed by atoms with Gasteiger partial charge in [0.05, 0.1) is 5.60 Å². The first-order valence-electron chi connectivity index (χ1n) is 9.28. The maximum atomic E-state index is 10.9. The number of rotatable bonds is 4. The maximum Gasteiger partial charge on any atom is 0.0935 e. The monoisotopic (exact) mass is 360 g/mol. The molecule has 1 fully saturated rings. The summed E-state index contributed by atoms with van der Waals surface area (Å²) in [6.45, 7) is 2.61. The summed E-state index contributed by atoms with van der Waals surface area (Å²) < 4.78 is 0. The first-order valence-corrected chi connectivity index (χ1v) is 9.28. The minimum absolute atomic E-state index is 0.725. The van der Waals surface area contributed by atoms with Crippen molar-refractivity contribution >= 4 is 5.69 Å². The van der Waals surface area contributed by atoms with Crippen LogP contribution in [0.3, 0.4) is 0 Å². The van der Waals surface area contributed by atoms with Crippen LogP contribution in [0.4, 0.5) is 5.69 Å². The summed E-state index contributed by atoms with van der Waals surface area (Å²) in [7, 11) is 0. The Bertz CT molecular complexity index is 888. The molecule has 0 radical (unpaired) electrons. The van der Waals surface area contributed by atoms with Gasteiger partial charge in [-0.05, 0) is 36.1 Å². The van der Waals surface area contributed by atoms with Gasteiger partial charge >= 0.3 is 0 Å². The fourth-order valence-corrected chi connectivity index (χ4v) is 3.70. The second-order valence-electron chi connectivity index (χ2n) is 7.21. The number of benzene rings is 1. The van der Waals surface area contributed by atoms with Crippen LogP contribution in [-0.2, 0) is 12.1 Å². The van der Waals surface area contributed by atoms with E-state index in [-0.39, 0.29) is 0 Å². The zero-order valence-corrected chi connectivity index (χ0v) is 15.3. The van der Waals surface area contributed by atoms with E-state index >= 15 is 0 Å². The van der Waals surface area contributed by atoms with Crippen molar-refractivity contribution in [3.63, 3.8) is 0 Å². The van der Waals surface area contributed by atoms with E-state index in [0.29, 0.717) is 0 Å². The van der Waals surface area contributed by atoms with E-state index in [4.69, 9.17) is 5.73 Å². The fourth-order valence-electron chi connectivity index (χ4n) is 3.70. The normalized spacial score (nSPS) is 16.9. The van der Waals surface area contributed by atoms with Gasteiger partial charge in [-0.1, -0.05) is 30.3 Å². The van der Waals surface area contributed by atoms with Gasteiger partial charge in [-0.25, -0.2) is 0 Å². The second kappa shape index (κ2) is 7.47. The molecule has 1 saturated heterocycles. The summed E-state index contributed by atoms with van der Waals surface area (Å²) >= 11 is 0. The lowest BCUT2D eigenvalue weighted by Crippen LogP contribution is -2.42. The molecule has 3 N–H and O–H groups in total. The minimum Gasteiger partial charge on any atom is -0.398 e. The number of nitrogens with zero attached hydrogens (tertiary/aromatic N) is 3. The summed E-state index contributed by atoms with van der Waals surface area (Å²) in [6, 6.07) is 14.1. The second-order valence-corrected chi connectivity index (χ2v) is 7.21. The largest absolute Gasteiger partial charge is 0.398 e. The third-order valence-corrected chi connectivity index (χ3v) is 5.41. The third kappa shape index (κ3) is 3.84. The van der Waals surface area contributed by atoms with Crippen LogP contribution < -0.4 is 5.73 Å². The van der Waals surface area contributed by atoms with Crippen molar-refractivity contribution in [2.24, 2.45) is 0 Å². The van der Waals surface area contributed by atoms with E-state index in [9.17, 15) is 5.11 Å². The van der Waals surface area contributed by atoms with Crippen molar-refractivity contribution in [2.75, 3.05) is 18.8 Å². The average molecular weight is 360 g/mol. The van der Waals surface area contributed by atoms with Crippen molar-refractivity contribution in [2.45, 2.75) is 25.0 Å². The van der Waals surface area contributed by atoms with Gasteiger partial charge in [-0.15, -0.1) is 0 Å². The molecule has 1 aromatic carbocycles. The van der Waals surface area contributed by atoms with Crippen LogP contribution >= 0.6 is 0 Å². The first-order chi connectivity index (χ1) is 13.1. The molecular formula is C22H24N4O. The lowest BCUT2D eigenvalue weighted by atomic mass is 9.85. The highest BCUT2D eigenvalue weighted by Gasteiger charge is 2.33. The number of anilines is 1. The van der Waals surface area contributed by atoms with Gasteiger partial charge in [0.15, 0.2) is 0 Å². The van der Waals surface area contributed by atoms with Crippen molar-refractivity contribution in [1.82, 2.24) is 14.9 Å². The van der Waals surface area contributed by atoms with Gasteiger partial charge in [0.2, 0.25) is 0 Å². The summed E-state index contributed by atoms with van der Waals surface area (Å²) in [4.78, 5) is 10.7. The number of likely N-dealkylation sites (tertiary alicyclic amines) is 1. The van der Waals surface area contributed by atoms with E-state index in [0.717, 1.165) is 54.9 Å². The Labute approximate surface area is 159 Å². The Morgan fingerprint density at radius 2 is 1.70 bits per heavy atom. The summed E-state index contributed by atoms with van der Waals surface area (Å²) in [6.07, 6.45) is 8.47. The lowest BCUT2D eigenvalue weighted by Gasteiger charge is -2.38. The predicted octanol–water partition coefficient (Wildman–Crippen LogP) is 3.21. The maximum absolute atomic E-state index is 10.9. The molecule has 138 valence electrons. The van der Waals surface area contributed by atoms with E-state index < -0.39 is 5.60 Å². The first kappa shape index (κ1) is 17.6. The lowest BCUT2D eigenvalue weighted by molar-refractivity contribution is -0.0279. The number of aromatic nitrogens is 2. The Morgan fingerprint density at radius 1 is 0.963 bits per heavy atom. The average Bonchev–Trinajstić information content (AvgIpc) is 2.72. The topological polar surface area (TPSA) is 75.3 Å². The smallest absolute Gasteiger partial charge is 0.0935 e. The van der Waals surface area contributed by atoms with Crippen LogP contribution in [0.1, 0.15) is 24.0 Å². The zero-order chi connectivity index (χ0) is 18.7. The molecule has 0 bridgehead atoms. The highest BCUT2D eigenvalue weighted by Crippen LogP contribution is 2.33. The molecule has 0 unspecified atom stereocenters. The molecule has 3 aromatic rings.